The van der Waals surface area contributed by atoms with E-state index in [1.807, 2.05) is 6.07 Å². The Labute approximate surface area is 145 Å². The van der Waals surface area contributed by atoms with Crippen LogP contribution in [-0.2, 0) is 22.5 Å². The fourth-order valence-electron chi connectivity index (χ4n) is 3.15. The maximum atomic E-state index is 13.5. The van der Waals surface area contributed by atoms with Crippen LogP contribution in [0.1, 0.15) is 24.0 Å². The normalized spacial score (nSPS) is 16.4. The second-order valence-corrected chi connectivity index (χ2v) is 6.32. The molecule has 132 valence electrons. The molecule has 2 aromatic rings. The van der Waals surface area contributed by atoms with Crippen LogP contribution < -0.4 is 11.1 Å². The lowest BCUT2D eigenvalue weighted by Crippen LogP contribution is -2.46. The van der Waals surface area contributed by atoms with E-state index in [-0.39, 0.29) is 18.3 Å². The highest BCUT2D eigenvalue weighted by atomic mass is 19.1. The predicted molar refractivity (Wildman–Crippen MR) is 90.9 cm³/mol. The predicted octanol–water partition coefficient (Wildman–Crippen LogP) is 1.85. The minimum absolute atomic E-state index is 0.0803. The van der Waals surface area contributed by atoms with Crippen LogP contribution in [0.2, 0.25) is 0 Å². The zero-order valence-corrected chi connectivity index (χ0v) is 13.9. The van der Waals surface area contributed by atoms with Gasteiger partial charge in [0.1, 0.15) is 18.0 Å². The van der Waals surface area contributed by atoms with Crippen LogP contribution in [0.25, 0.3) is 0 Å². The first kappa shape index (κ1) is 17.3. The molecular formula is C18H21FN4O2. The molecule has 25 heavy (non-hydrogen) atoms. The number of amides is 1. The van der Waals surface area contributed by atoms with Gasteiger partial charge in [-0.05, 0) is 37.0 Å². The maximum Gasteiger partial charge on any atom is 0.227 e. The van der Waals surface area contributed by atoms with Crippen molar-refractivity contribution >= 4 is 11.7 Å². The molecule has 0 atom stereocenters. The molecule has 6 nitrogen and oxygen atoms in total. The summed E-state index contributed by atoms with van der Waals surface area (Å²) >= 11 is 0. The van der Waals surface area contributed by atoms with Crippen LogP contribution in [0.3, 0.4) is 0 Å². The Bertz CT molecular complexity index is 747. The molecule has 1 aromatic carbocycles. The highest BCUT2D eigenvalue weighted by molar-refractivity contribution is 5.83. The van der Waals surface area contributed by atoms with Crippen LogP contribution in [0.15, 0.2) is 36.8 Å². The molecule has 0 unspecified atom stereocenters. The van der Waals surface area contributed by atoms with Gasteiger partial charge in [0, 0.05) is 31.5 Å². The van der Waals surface area contributed by atoms with E-state index >= 15 is 0 Å². The number of nitrogens with one attached hydrogen (secondary N) is 1. The molecule has 2 heterocycles. The maximum absolute atomic E-state index is 13.5. The highest BCUT2D eigenvalue weighted by Gasteiger charge is 2.40. The second-order valence-electron chi connectivity index (χ2n) is 6.32. The number of benzene rings is 1. The summed E-state index contributed by atoms with van der Waals surface area (Å²) in [5.41, 5.74) is 6.66. The van der Waals surface area contributed by atoms with E-state index in [1.165, 1.54) is 18.5 Å². The van der Waals surface area contributed by atoms with Gasteiger partial charge in [-0.2, -0.15) is 0 Å². The van der Waals surface area contributed by atoms with Crippen LogP contribution in [-0.4, -0.2) is 29.1 Å². The molecule has 1 amide bonds. The van der Waals surface area contributed by atoms with Crippen LogP contribution >= 0.6 is 0 Å². The third kappa shape index (κ3) is 4.11. The average molecular weight is 344 g/mol. The number of nitrogen functional groups attached to an aromatic ring is 1. The molecule has 0 aliphatic carbocycles. The lowest BCUT2D eigenvalue weighted by atomic mass is 9.74. The molecule has 1 aromatic heterocycles. The first-order valence-electron chi connectivity index (χ1n) is 8.24. The van der Waals surface area contributed by atoms with E-state index in [4.69, 9.17) is 10.5 Å². The molecule has 0 bridgehead atoms. The van der Waals surface area contributed by atoms with Crippen molar-refractivity contribution in [1.82, 2.24) is 15.3 Å². The Morgan fingerprint density at radius 2 is 2.16 bits per heavy atom. The Morgan fingerprint density at radius 3 is 2.88 bits per heavy atom. The molecule has 1 saturated heterocycles. The molecule has 3 N–H and O–H groups in total. The smallest absolute Gasteiger partial charge is 0.227 e. The summed E-state index contributed by atoms with van der Waals surface area (Å²) in [6.07, 6.45) is 4.61. The largest absolute Gasteiger partial charge is 0.383 e. The van der Waals surface area contributed by atoms with Gasteiger partial charge < -0.3 is 15.8 Å². The van der Waals surface area contributed by atoms with Crippen molar-refractivity contribution in [2.24, 2.45) is 5.41 Å². The van der Waals surface area contributed by atoms with Crippen LogP contribution in [0.4, 0.5) is 10.2 Å². The summed E-state index contributed by atoms with van der Waals surface area (Å²) in [6.45, 7) is 1.29. The number of carbonyl (C=O) groups is 1. The number of hydrogen-bond acceptors (Lipinski definition) is 5. The lowest BCUT2D eigenvalue weighted by Gasteiger charge is -2.36. The number of halogens is 1. The van der Waals surface area contributed by atoms with Crippen LogP contribution in [0, 0.1) is 11.2 Å². The highest BCUT2D eigenvalue weighted by Crippen LogP contribution is 2.35. The fourth-order valence-corrected chi connectivity index (χ4v) is 3.15. The quantitative estimate of drug-likeness (QED) is 0.864. The van der Waals surface area contributed by atoms with E-state index in [0.29, 0.717) is 43.9 Å². The minimum atomic E-state index is -0.615. The van der Waals surface area contributed by atoms with Gasteiger partial charge in [0.05, 0.1) is 5.41 Å². The number of anilines is 1. The van der Waals surface area contributed by atoms with Crippen molar-refractivity contribution in [1.29, 1.82) is 0 Å². The van der Waals surface area contributed by atoms with Crippen molar-refractivity contribution < 1.29 is 13.9 Å². The summed E-state index contributed by atoms with van der Waals surface area (Å²) < 4.78 is 18.9. The molecule has 0 saturated carbocycles. The van der Waals surface area contributed by atoms with Gasteiger partial charge >= 0.3 is 0 Å². The van der Waals surface area contributed by atoms with Crippen molar-refractivity contribution in [3.63, 3.8) is 0 Å². The average Bonchev–Trinajstić information content (AvgIpc) is 2.61. The topological polar surface area (TPSA) is 90.1 Å². The molecular weight excluding hydrogens is 323 g/mol. The van der Waals surface area contributed by atoms with Gasteiger partial charge in [0.15, 0.2) is 0 Å². The Hall–Kier alpha value is -2.54. The first-order chi connectivity index (χ1) is 12.1. The second kappa shape index (κ2) is 7.57. The number of nitrogens with zero attached hydrogens (tertiary/aromatic N) is 2. The monoisotopic (exact) mass is 344 g/mol. The molecule has 3 rings (SSSR count). The van der Waals surface area contributed by atoms with Gasteiger partial charge in [-0.15, -0.1) is 0 Å². The number of carbonyl (C=O) groups excluding carboxylic acids is 1. The van der Waals surface area contributed by atoms with Gasteiger partial charge in [-0.1, -0.05) is 12.1 Å². The number of ether oxygens (including phenoxy) is 1. The third-order valence-electron chi connectivity index (χ3n) is 4.63. The molecule has 0 radical (unpaired) electrons. The van der Waals surface area contributed by atoms with E-state index in [9.17, 15) is 9.18 Å². The van der Waals surface area contributed by atoms with E-state index < -0.39 is 5.41 Å². The molecule has 1 fully saturated rings. The molecule has 1 aliphatic heterocycles. The Balaban J connectivity index is 1.75. The summed E-state index contributed by atoms with van der Waals surface area (Å²) in [5, 5.41) is 2.94. The lowest BCUT2D eigenvalue weighted by molar-refractivity contribution is -0.136. The van der Waals surface area contributed by atoms with Gasteiger partial charge in [-0.25, -0.2) is 14.4 Å². The van der Waals surface area contributed by atoms with Gasteiger partial charge in [-0.3, -0.25) is 4.79 Å². The zero-order valence-electron chi connectivity index (χ0n) is 13.9. The minimum Gasteiger partial charge on any atom is -0.383 e. The number of aromatic nitrogens is 2. The van der Waals surface area contributed by atoms with E-state index in [0.717, 1.165) is 5.56 Å². The van der Waals surface area contributed by atoms with Gasteiger partial charge in [0.2, 0.25) is 5.91 Å². The summed E-state index contributed by atoms with van der Waals surface area (Å²) in [4.78, 5) is 20.8. The number of hydrogen-bond donors (Lipinski definition) is 2. The Morgan fingerprint density at radius 1 is 1.36 bits per heavy atom. The fraction of sp³-hybridized carbons (Fsp3) is 0.389. The third-order valence-corrected chi connectivity index (χ3v) is 4.63. The van der Waals surface area contributed by atoms with Crippen LogP contribution in [0.5, 0.6) is 0 Å². The first-order valence-corrected chi connectivity index (χ1v) is 8.24. The SMILES string of the molecule is Nc1ncncc1CNC(=O)C1(Cc2cccc(F)c2)CCOCC1. The van der Waals surface area contributed by atoms with Crippen molar-refractivity contribution in [3.05, 3.63) is 53.7 Å². The number of nitrogens with two attached hydrogens (primary N) is 1. The standard InChI is InChI=1S/C18H21FN4O2/c19-15-3-1-2-13(8-15)9-18(4-6-25-7-5-18)17(24)22-11-14-10-21-12-23-16(14)20/h1-3,8,10,12H,4-7,9,11H2,(H,22,24)(H2,20,21,23). The van der Waals surface area contributed by atoms with E-state index in [1.54, 1.807) is 12.3 Å². The molecule has 1 aliphatic rings. The molecule has 0 spiro atoms. The number of rotatable bonds is 5. The van der Waals surface area contributed by atoms with Crippen molar-refractivity contribution in [2.75, 3.05) is 18.9 Å². The summed E-state index contributed by atoms with van der Waals surface area (Å²) in [6, 6.07) is 6.39. The summed E-state index contributed by atoms with van der Waals surface area (Å²) in [7, 11) is 0. The van der Waals surface area contributed by atoms with Crippen molar-refractivity contribution in [3.8, 4) is 0 Å². The van der Waals surface area contributed by atoms with Gasteiger partial charge in [0.25, 0.3) is 0 Å². The van der Waals surface area contributed by atoms with E-state index in [2.05, 4.69) is 15.3 Å². The Kier molecular flexibility index (Phi) is 5.23. The molecule has 7 heteroatoms. The summed E-state index contributed by atoms with van der Waals surface area (Å²) in [5.74, 6) is -0.0286. The van der Waals surface area contributed by atoms with Crippen molar-refractivity contribution in [2.45, 2.75) is 25.8 Å². The zero-order chi connectivity index (χ0) is 17.7.